The fourth-order valence-corrected chi connectivity index (χ4v) is 4.91. The van der Waals surface area contributed by atoms with Gasteiger partial charge in [0.15, 0.2) is 0 Å². The van der Waals surface area contributed by atoms with E-state index >= 15 is 0 Å². The molecule has 0 spiro atoms. The number of rotatable bonds is 11. The van der Waals surface area contributed by atoms with E-state index in [0.717, 1.165) is 45.0 Å². The van der Waals surface area contributed by atoms with Gasteiger partial charge in [-0.15, -0.1) is 0 Å². The van der Waals surface area contributed by atoms with Crippen molar-refractivity contribution in [3.05, 3.63) is 35.4 Å². The zero-order valence-corrected chi connectivity index (χ0v) is 20.8. The van der Waals surface area contributed by atoms with Crippen molar-refractivity contribution in [2.75, 3.05) is 45.9 Å². The van der Waals surface area contributed by atoms with Crippen LogP contribution < -0.4 is 16.4 Å². The van der Waals surface area contributed by atoms with E-state index in [0.29, 0.717) is 38.5 Å². The minimum absolute atomic E-state index is 0.137. The molecular formula is C25H38F2N4O5. The molecule has 0 bridgehead atoms. The summed E-state index contributed by atoms with van der Waals surface area (Å²) in [5, 5.41) is 5.36. The highest BCUT2D eigenvalue weighted by Gasteiger charge is 2.32. The first-order chi connectivity index (χ1) is 17.3. The minimum atomic E-state index is -0.894. The highest BCUT2D eigenvalue weighted by molar-refractivity contribution is 5.78. The van der Waals surface area contributed by atoms with Crippen LogP contribution in [0.2, 0.25) is 0 Å². The van der Waals surface area contributed by atoms with Crippen LogP contribution in [-0.2, 0) is 19.3 Å². The molecular weight excluding hydrogens is 474 g/mol. The topological polar surface area (TPSA) is 115 Å². The number of amides is 2. The Bertz CT molecular complexity index is 835. The normalized spacial score (nSPS) is 22.4. The molecule has 2 fully saturated rings. The molecule has 2 heterocycles. The van der Waals surface area contributed by atoms with Gasteiger partial charge >= 0.3 is 6.09 Å². The van der Waals surface area contributed by atoms with Crippen molar-refractivity contribution < 1.29 is 32.9 Å². The van der Waals surface area contributed by atoms with E-state index in [4.69, 9.17) is 20.2 Å². The number of nitrogens with two attached hydrogens (primary N) is 1. The van der Waals surface area contributed by atoms with E-state index in [1.807, 2.05) is 4.90 Å². The monoisotopic (exact) mass is 512 g/mol. The van der Waals surface area contributed by atoms with E-state index in [-0.39, 0.29) is 30.0 Å². The van der Waals surface area contributed by atoms with Crippen LogP contribution in [-0.4, -0.2) is 68.9 Å². The molecule has 1 aromatic rings. The van der Waals surface area contributed by atoms with Crippen molar-refractivity contribution in [3.8, 4) is 0 Å². The molecule has 2 saturated heterocycles. The molecule has 0 unspecified atom stereocenters. The Morgan fingerprint density at radius 2 is 1.97 bits per heavy atom. The quantitative estimate of drug-likeness (QED) is 0.308. The maximum absolute atomic E-state index is 13.9. The summed E-state index contributed by atoms with van der Waals surface area (Å²) in [7, 11) is 0. The maximum Gasteiger partial charge on any atom is 0.438 e. The molecule has 3 rings (SSSR count). The predicted octanol–water partition coefficient (Wildman–Crippen LogP) is 2.66. The van der Waals surface area contributed by atoms with E-state index in [9.17, 15) is 18.4 Å². The van der Waals surface area contributed by atoms with Crippen LogP contribution in [0.5, 0.6) is 0 Å². The summed E-state index contributed by atoms with van der Waals surface area (Å²) < 4.78 is 33.3. The van der Waals surface area contributed by atoms with E-state index in [1.165, 1.54) is 12.1 Å². The molecule has 2 aliphatic rings. The van der Waals surface area contributed by atoms with Crippen molar-refractivity contribution >= 4 is 12.0 Å². The molecule has 9 nitrogen and oxygen atoms in total. The minimum Gasteiger partial charge on any atom is -0.381 e. The highest BCUT2D eigenvalue weighted by atomic mass is 19.1. The Kier molecular flexibility index (Phi) is 11.3. The molecule has 1 aromatic carbocycles. The SMILES string of the molecule is CCNC(=O)OO[C@@H](c1cc(F)cc(F)c1)[C@@H]1CCCN(CC(=O)NC[C@@H](N)C[C@H]2CCCOC2)C1. The zero-order chi connectivity index (χ0) is 25.9. The number of piperidine rings is 1. The molecule has 4 atom stereocenters. The van der Waals surface area contributed by atoms with Crippen LogP contribution in [0.1, 0.15) is 50.7 Å². The largest absolute Gasteiger partial charge is 0.438 e. The van der Waals surface area contributed by atoms with Crippen LogP contribution in [0.4, 0.5) is 13.6 Å². The van der Waals surface area contributed by atoms with Gasteiger partial charge in [-0.1, -0.05) is 0 Å². The summed E-state index contributed by atoms with van der Waals surface area (Å²) >= 11 is 0. The van der Waals surface area contributed by atoms with E-state index < -0.39 is 23.8 Å². The zero-order valence-electron chi connectivity index (χ0n) is 20.8. The lowest BCUT2D eigenvalue weighted by molar-refractivity contribution is -0.290. The number of carbonyl (C=O) groups excluding carboxylic acids is 2. The lowest BCUT2D eigenvalue weighted by atomic mass is 9.88. The lowest BCUT2D eigenvalue weighted by Crippen LogP contribution is -2.46. The third-order valence-corrected chi connectivity index (χ3v) is 6.55. The number of ether oxygens (including phenoxy) is 1. The number of nitrogens with zero attached hydrogens (tertiary/aromatic N) is 1. The van der Waals surface area contributed by atoms with Crippen molar-refractivity contribution in [1.82, 2.24) is 15.5 Å². The second-order valence-electron chi connectivity index (χ2n) is 9.64. The first kappa shape index (κ1) is 28.2. The van der Waals surface area contributed by atoms with Gasteiger partial charge in [-0.05, 0) is 69.2 Å². The number of hydrogen-bond acceptors (Lipinski definition) is 7. The summed E-state index contributed by atoms with van der Waals surface area (Å²) in [5.41, 5.74) is 6.44. The summed E-state index contributed by atoms with van der Waals surface area (Å²) in [6.45, 7) is 5.26. The molecule has 2 amide bonds. The van der Waals surface area contributed by atoms with E-state index in [2.05, 4.69) is 10.6 Å². The van der Waals surface area contributed by atoms with Crippen LogP contribution >= 0.6 is 0 Å². The average molecular weight is 513 g/mol. The van der Waals surface area contributed by atoms with Crippen molar-refractivity contribution in [1.29, 1.82) is 0 Å². The van der Waals surface area contributed by atoms with Gasteiger partial charge in [0.05, 0.1) is 6.54 Å². The number of hydrogen-bond donors (Lipinski definition) is 3. The third kappa shape index (κ3) is 9.27. The standard InChI is InChI=1S/C25H38F2N4O5/c1-2-29-25(33)36-35-24(19-10-20(26)12-21(27)11-19)18-6-3-7-31(14-18)15-23(32)30-13-22(28)9-17-5-4-8-34-16-17/h10-12,17-18,22,24H,2-9,13-16,28H2,1H3,(H,29,33)(H,30,32)/t17-,18-,22+,24-/m1/s1. The lowest BCUT2D eigenvalue weighted by Gasteiger charge is -2.35. The molecule has 202 valence electrons. The number of likely N-dealkylation sites (tertiary alicyclic amines) is 1. The van der Waals surface area contributed by atoms with Gasteiger partial charge in [-0.3, -0.25) is 14.6 Å². The van der Waals surface area contributed by atoms with Crippen LogP contribution in [0.25, 0.3) is 0 Å². The summed E-state index contributed by atoms with van der Waals surface area (Å²) in [6, 6.07) is 2.97. The molecule has 11 heteroatoms. The van der Waals surface area contributed by atoms with Crippen molar-refractivity contribution in [3.63, 3.8) is 0 Å². The Hall–Kier alpha value is -2.34. The summed E-state index contributed by atoms with van der Waals surface area (Å²) in [6.07, 6.45) is 2.69. The van der Waals surface area contributed by atoms with Crippen LogP contribution in [0, 0.1) is 23.5 Å². The van der Waals surface area contributed by atoms with Gasteiger partial charge in [0.1, 0.15) is 17.7 Å². The number of benzene rings is 1. The number of halogens is 2. The molecule has 0 aliphatic carbocycles. The molecule has 4 N–H and O–H groups in total. The second-order valence-corrected chi connectivity index (χ2v) is 9.64. The molecule has 2 aliphatic heterocycles. The molecule has 0 aromatic heterocycles. The first-order valence-corrected chi connectivity index (χ1v) is 12.7. The highest BCUT2D eigenvalue weighted by Crippen LogP contribution is 2.34. The average Bonchev–Trinajstić information content (AvgIpc) is 2.83. The Balaban J connectivity index is 1.54. The smallest absolute Gasteiger partial charge is 0.381 e. The second kappa shape index (κ2) is 14.4. The van der Waals surface area contributed by atoms with Crippen LogP contribution in [0.3, 0.4) is 0 Å². The summed E-state index contributed by atoms with van der Waals surface area (Å²) in [5.74, 6) is -1.46. The van der Waals surface area contributed by atoms with Crippen molar-refractivity contribution in [2.24, 2.45) is 17.6 Å². The van der Waals surface area contributed by atoms with Gasteiger partial charge in [0, 0.05) is 50.9 Å². The van der Waals surface area contributed by atoms with Gasteiger partial charge in [0.2, 0.25) is 5.91 Å². The maximum atomic E-state index is 13.9. The predicted molar refractivity (Wildman–Crippen MR) is 129 cm³/mol. The molecule has 0 radical (unpaired) electrons. The van der Waals surface area contributed by atoms with Gasteiger partial charge in [0.25, 0.3) is 0 Å². The Morgan fingerprint density at radius 1 is 1.19 bits per heavy atom. The van der Waals surface area contributed by atoms with Crippen molar-refractivity contribution in [2.45, 2.75) is 51.2 Å². The first-order valence-electron chi connectivity index (χ1n) is 12.7. The van der Waals surface area contributed by atoms with Gasteiger partial charge in [-0.2, -0.15) is 4.89 Å². The molecule has 0 saturated carbocycles. The molecule has 36 heavy (non-hydrogen) atoms. The van der Waals surface area contributed by atoms with E-state index in [1.54, 1.807) is 6.92 Å². The van der Waals surface area contributed by atoms with Gasteiger partial charge in [-0.25, -0.2) is 13.6 Å². The Morgan fingerprint density at radius 3 is 2.67 bits per heavy atom. The third-order valence-electron chi connectivity index (χ3n) is 6.55. The fourth-order valence-electron chi connectivity index (χ4n) is 4.91. The fraction of sp³-hybridized carbons (Fsp3) is 0.680. The Labute approximate surface area is 210 Å². The number of carbonyl (C=O) groups is 2. The summed E-state index contributed by atoms with van der Waals surface area (Å²) in [4.78, 5) is 36.6. The van der Waals surface area contributed by atoms with Gasteiger partial charge < -0.3 is 21.1 Å². The van der Waals surface area contributed by atoms with Crippen LogP contribution in [0.15, 0.2) is 18.2 Å². The number of nitrogens with one attached hydrogen (secondary N) is 2.